The van der Waals surface area contributed by atoms with Crippen molar-refractivity contribution >= 4 is 21.4 Å². The van der Waals surface area contributed by atoms with E-state index in [1.807, 2.05) is 30.3 Å². The summed E-state index contributed by atoms with van der Waals surface area (Å²) in [6, 6.07) is 11.4. The van der Waals surface area contributed by atoms with Gasteiger partial charge in [-0.3, -0.25) is 0 Å². The monoisotopic (exact) mass is 307 g/mol. The molecular formula is C16H12F3NS. The lowest BCUT2D eigenvalue weighted by atomic mass is 10.0. The Hall–Kier alpha value is -1.85. The van der Waals surface area contributed by atoms with Gasteiger partial charge in [-0.25, -0.2) is 13.2 Å². The van der Waals surface area contributed by atoms with Gasteiger partial charge in [0.1, 0.15) is 0 Å². The molecule has 1 heterocycles. The van der Waals surface area contributed by atoms with Gasteiger partial charge in [0.25, 0.3) is 0 Å². The maximum Gasteiger partial charge on any atom is 0.194 e. The molecule has 0 bridgehead atoms. The molecule has 1 aromatic heterocycles. The zero-order valence-corrected chi connectivity index (χ0v) is 12.0. The predicted octanol–water partition coefficient (Wildman–Crippen LogP) is 4.63. The molecule has 0 radical (unpaired) electrons. The molecule has 1 unspecified atom stereocenters. The highest BCUT2D eigenvalue weighted by atomic mass is 32.1. The van der Waals surface area contributed by atoms with Gasteiger partial charge in [-0.1, -0.05) is 24.3 Å². The molecule has 3 aromatic rings. The second-order valence-electron chi connectivity index (χ2n) is 4.67. The zero-order valence-electron chi connectivity index (χ0n) is 11.2. The number of hydrogen-bond donors (Lipinski definition) is 1. The van der Waals surface area contributed by atoms with E-state index in [9.17, 15) is 13.2 Å². The van der Waals surface area contributed by atoms with Crippen LogP contribution in [0.15, 0.2) is 42.5 Å². The van der Waals surface area contributed by atoms with E-state index in [0.717, 1.165) is 21.0 Å². The normalized spacial score (nSPS) is 12.8. The lowest BCUT2D eigenvalue weighted by Crippen LogP contribution is -2.18. The van der Waals surface area contributed by atoms with E-state index in [1.165, 1.54) is 17.4 Å². The molecule has 1 N–H and O–H groups in total. The molecule has 1 nitrogen and oxygen atoms in total. The minimum Gasteiger partial charge on any atom is -0.309 e. The van der Waals surface area contributed by atoms with Crippen molar-refractivity contribution in [1.82, 2.24) is 5.32 Å². The number of rotatable bonds is 3. The van der Waals surface area contributed by atoms with Crippen LogP contribution in [0.25, 0.3) is 10.1 Å². The van der Waals surface area contributed by atoms with E-state index in [1.54, 1.807) is 7.05 Å². The third-order valence-electron chi connectivity index (χ3n) is 3.39. The maximum atomic E-state index is 14.0. The SMILES string of the molecule is CNC(c1cc2ccccc2s1)c1ccc(F)c(F)c1F. The summed E-state index contributed by atoms with van der Waals surface area (Å²) in [5.74, 6) is -3.76. The second kappa shape index (κ2) is 5.50. The second-order valence-corrected chi connectivity index (χ2v) is 5.79. The molecule has 0 amide bonds. The fraction of sp³-hybridized carbons (Fsp3) is 0.125. The maximum absolute atomic E-state index is 14.0. The van der Waals surface area contributed by atoms with E-state index in [2.05, 4.69) is 5.32 Å². The Morgan fingerprint density at radius 3 is 2.48 bits per heavy atom. The van der Waals surface area contributed by atoms with Crippen molar-refractivity contribution < 1.29 is 13.2 Å². The third-order valence-corrected chi connectivity index (χ3v) is 4.57. The average Bonchev–Trinajstić information content (AvgIpc) is 2.91. The first kappa shape index (κ1) is 14.1. The number of thiophene rings is 1. The molecule has 3 rings (SSSR count). The van der Waals surface area contributed by atoms with E-state index < -0.39 is 23.5 Å². The summed E-state index contributed by atoms with van der Waals surface area (Å²) in [4.78, 5) is 0.851. The van der Waals surface area contributed by atoms with Gasteiger partial charge in [0.15, 0.2) is 17.5 Å². The largest absolute Gasteiger partial charge is 0.309 e. The minimum absolute atomic E-state index is 0.1000. The summed E-state index contributed by atoms with van der Waals surface area (Å²) in [5.41, 5.74) is 0.1000. The van der Waals surface area contributed by atoms with Crippen molar-refractivity contribution in [2.24, 2.45) is 0 Å². The average molecular weight is 307 g/mol. The molecule has 0 aliphatic heterocycles. The highest BCUT2D eigenvalue weighted by molar-refractivity contribution is 7.19. The van der Waals surface area contributed by atoms with Crippen LogP contribution in [0.4, 0.5) is 13.2 Å². The third kappa shape index (κ3) is 2.43. The summed E-state index contributed by atoms with van der Waals surface area (Å²) in [5, 5.41) is 4.01. The standard InChI is InChI=1S/C16H12F3NS/c1-20-16(10-6-7-11(17)15(19)14(10)18)13-8-9-4-2-3-5-12(9)21-13/h2-8,16,20H,1H3. The van der Waals surface area contributed by atoms with Crippen LogP contribution in [0, 0.1) is 17.5 Å². The highest BCUT2D eigenvalue weighted by Crippen LogP contribution is 2.34. The zero-order chi connectivity index (χ0) is 15.0. The van der Waals surface area contributed by atoms with Crippen LogP contribution in [-0.4, -0.2) is 7.05 Å². The predicted molar refractivity (Wildman–Crippen MR) is 79.0 cm³/mol. The van der Waals surface area contributed by atoms with E-state index in [0.29, 0.717) is 0 Å². The van der Waals surface area contributed by atoms with Gasteiger partial charge in [-0.05, 0) is 30.6 Å². The molecule has 5 heteroatoms. The van der Waals surface area contributed by atoms with Gasteiger partial charge in [0.05, 0.1) is 6.04 Å². The Kier molecular flexibility index (Phi) is 3.69. The molecule has 0 fully saturated rings. The number of nitrogens with one attached hydrogen (secondary N) is 1. The van der Waals surface area contributed by atoms with Gasteiger partial charge in [-0.2, -0.15) is 0 Å². The topological polar surface area (TPSA) is 12.0 Å². The molecule has 1 atom stereocenters. The lowest BCUT2D eigenvalue weighted by Gasteiger charge is -2.16. The summed E-state index contributed by atoms with van der Waals surface area (Å²) >= 11 is 1.50. The summed E-state index contributed by atoms with van der Waals surface area (Å²) in [6.45, 7) is 0. The Bertz CT molecular complexity index is 764. The number of hydrogen-bond acceptors (Lipinski definition) is 2. The van der Waals surface area contributed by atoms with Crippen LogP contribution in [0.3, 0.4) is 0 Å². The molecule has 21 heavy (non-hydrogen) atoms. The molecule has 0 aliphatic carbocycles. The van der Waals surface area contributed by atoms with Crippen LogP contribution in [0.2, 0.25) is 0 Å². The van der Waals surface area contributed by atoms with Gasteiger partial charge in [-0.15, -0.1) is 11.3 Å². The molecule has 0 spiro atoms. The van der Waals surface area contributed by atoms with E-state index in [-0.39, 0.29) is 5.56 Å². The quantitative estimate of drug-likeness (QED) is 0.696. The van der Waals surface area contributed by atoms with Gasteiger partial charge >= 0.3 is 0 Å². The molecule has 0 saturated carbocycles. The fourth-order valence-electron chi connectivity index (χ4n) is 2.36. The van der Waals surface area contributed by atoms with Crippen LogP contribution in [-0.2, 0) is 0 Å². The van der Waals surface area contributed by atoms with E-state index >= 15 is 0 Å². The number of benzene rings is 2. The van der Waals surface area contributed by atoms with Gasteiger partial charge in [0.2, 0.25) is 0 Å². The first-order valence-electron chi connectivity index (χ1n) is 6.41. The smallest absolute Gasteiger partial charge is 0.194 e. The summed E-state index contributed by atoms with van der Waals surface area (Å²) < 4.78 is 41.6. The molecule has 108 valence electrons. The van der Waals surface area contributed by atoms with Gasteiger partial charge in [0, 0.05) is 15.1 Å². The number of halogens is 3. The Morgan fingerprint density at radius 2 is 1.76 bits per heavy atom. The van der Waals surface area contributed by atoms with Crippen LogP contribution >= 0.6 is 11.3 Å². The summed E-state index contributed by atoms with van der Waals surface area (Å²) in [6.07, 6.45) is 0. The van der Waals surface area contributed by atoms with Crippen LogP contribution in [0.1, 0.15) is 16.5 Å². The van der Waals surface area contributed by atoms with Crippen molar-refractivity contribution in [1.29, 1.82) is 0 Å². The first-order chi connectivity index (χ1) is 10.1. The molecule has 0 saturated heterocycles. The molecular weight excluding hydrogens is 295 g/mol. The highest BCUT2D eigenvalue weighted by Gasteiger charge is 2.22. The first-order valence-corrected chi connectivity index (χ1v) is 7.22. The minimum atomic E-state index is -1.44. The Labute approximate surface area is 124 Å². The van der Waals surface area contributed by atoms with Crippen molar-refractivity contribution in [3.8, 4) is 0 Å². The van der Waals surface area contributed by atoms with E-state index in [4.69, 9.17) is 0 Å². The summed E-state index contributed by atoms with van der Waals surface area (Å²) in [7, 11) is 1.66. The molecule has 0 aliphatic rings. The lowest BCUT2D eigenvalue weighted by molar-refractivity contribution is 0.435. The van der Waals surface area contributed by atoms with Crippen molar-refractivity contribution in [3.63, 3.8) is 0 Å². The van der Waals surface area contributed by atoms with Crippen LogP contribution < -0.4 is 5.32 Å². The number of fused-ring (bicyclic) bond motifs is 1. The van der Waals surface area contributed by atoms with Crippen molar-refractivity contribution in [3.05, 3.63) is 70.4 Å². The Balaban J connectivity index is 2.12. The Morgan fingerprint density at radius 1 is 1.00 bits per heavy atom. The van der Waals surface area contributed by atoms with Gasteiger partial charge < -0.3 is 5.32 Å². The van der Waals surface area contributed by atoms with Crippen molar-refractivity contribution in [2.75, 3.05) is 7.05 Å². The van der Waals surface area contributed by atoms with Crippen LogP contribution in [0.5, 0.6) is 0 Å². The molecule has 2 aromatic carbocycles. The fourth-order valence-corrected chi connectivity index (χ4v) is 3.55. The van der Waals surface area contributed by atoms with Crippen molar-refractivity contribution in [2.45, 2.75) is 6.04 Å².